The van der Waals surface area contributed by atoms with Gasteiger partial charge in [0.1, 0.15) is 6.10 Å². The third-order valence-corrected chi connectivity index (χ3v) is 1.90. The standard InChI is InChI=1S/C8H12O4/c1-5(12-6(2)9)7-3-8(10)11-4-7/h5,7H,3-4H2,1-2H3/t5-,7+/m1/s1. The summed E-state index contributed by atoms with van der Waals surface area (Å²) < 4.78 is 9.65. The van der Waals surface area contributed by atoms with Crippen molar-refractivity contribution in [1.29, 1.82) is 0 Å². The molecule has 0 amide bonds. The largest absolute Gasteiger partial charge is 0.465 e. The Bertz CT molecular complexity index is 199. The van der Waals surface area contributed by atoms with Crippen molar-refractivity contribution in [3.63, 3.8) is 0 Å². The van der Waals surface area contributed by atoms with Gasteiger partial charge < -0.3 is 9.47 Å². The topological polar surface area (TPSA) is 52.6 Å². The minimum atomic E-state index is -0.318. The molecule has 4 heteroatoms. The minimum Gasteiger partial charge on any atom is -0.465 e. The van der Waals surface area contributed by atoms with Gasteiger partial charge in [0.05, 0.1) is 13.0 Å². The summed E-state index contributed by atoms with van der Waals surface area (Å²) in [6.45, 7) is 3.50. The highest BCUT2D eigenvalue weighted by molar-refractivity contribution is 5.72. The van der Waals surface area contributed by atoms with Crippen LogP contribution in [0.5, 0.6) is 0 Å². The van der Waals surface area contributed by atoms with Crippen molar-refractivity contribution in [2.24, 2.45) is 5.92 Å². The molecule has 0 aromatic heterocycles. The lowest BCUT2D eigenvalue weighted by Gasteiger charge is -2.15. The molecule has 0 unspecified atom stereocenters. The summed E-state index contributed by atoms with van der Waals surface area (Å²) in [5.74, 6) is -0.498. The zero-order chi connectivity index (χ0) is 9.14. The van der Waals surface area contributed by atoms with Gasteiger partial charge in [-0.05, 0) is 6.92 Å². The highest BCUT2D eigenvalue weighted by atomic mass is 16.6. The third kappa shape index (κ3) is 2.22. The van der Waals surface area contributed by atoms with Gasteiger partial charge in [-0.2, -0.15) is 0 Å². The van der Waals surface area contributed by atoms with E-state index in [0.29, 0.717) is 13.0 Å². The maximum Gasteiger partial charge on any atom is 0.306 e. The lowest BCUT2D eigenvalue weighted by Crippen LogP contribution is -2.23. The fourth-order valence-electron chi connectivity index (χ4n) is 1.19. The third-order valence-electron chi connectivity index (χ3n) is 1.90. The second-order valence-corrected chi connectivity index (χ2v) is 2.96. The van der Waals surface area contributed by atoms with Crippen LogP contribution in [0.15, 0.2) is 0 Å². The monoisotopic (exact) mass is 172 g/mol. The molecule has 4 nitrogen and oxygen atoms in total. The van der Waals surface area contributed by atoms with E-state index in [1.807, 2.05) is 0 Å². The quantitative estimate of drug-likeness (QED) is 0.569. The maximum atomic E-state index is 10.7. The van der Waals surface area contributed by atoms with E-state index in [1.54, 1.807) is 6.92 Å². The maximum absolute atomic E-state index is 10.7. The number of hydrogen-bond donors (Lipinski definition) is 0. The van der Waals surface area contributed by atoms with Gasteiger partial charge >= 0.3 is 11.9 Å². The normalized spacial score (nSPS) is 24.8. The number of hydrogen-bond acceptors (Lipinski definition) is 4. The molecule has 1 aliphatic rings. The lowest BCUT2D eigenvalue weighted by atomic mass is 10.0. The molecule has 0 N–H and O–H groups in total. The van der Waals surface area contributed by atoms with E-state index in [9.17, 15) is 9.59 Å². The summed E-state index contributed by atoms with van der Waals surface area (Å²) in [5.41, 5.74) is 0. The van der Waals surface area contributed by atoms with Crippen LogP contribution < -0.4 is 0 Å². The van der Waals surface area contributed by atoms with Crippen molar-refractivity contribution in [3.8, 4) is 0 Å². The fourth-order valence-corrected chi connectivity index (χ4v) is 1.19. The predicted octanol–water partition coefficient (Wildman–Crippen LogP) is 0.501. The molecule has 68 valence electrons. The molecule has 1 heterocycles. The SMILES string of the molecule is CC(=O)O[C@H](C)[C@@H]1COC(=O)C1. The van der Waals surface area contributed by atoms with E-state index >= 15 is 0 Å². The van der Waals surface area contributed by atoms with Crippen molar-refractivity contribution in [3.05, 3.63) is 0 Å². The lowest BCUT2D eigenvalue weighted by molar-refractivity contribution is -0.148. The van der Waals surface area contributed by atoms with Gasteiger partial charge in [-0.15, -0.1) is 0 Å². The first-order valence-electron chi connectivity index (χ1n) is 3.92. The molecule has 0 aromatic rings. The number of cyclic esters (lactones) is 1. The number of rotatable bonds is 2. The van der Waals surface area contributed by atoms with Gasteiger partial charge in [0.25, 0.3) is 0 Å². The van der Waals surface area contributed by atoms with Crippen LogP contribution in [-0.2, 0) is 19.1 Å². The number of carbonyl (C=O) groups is 2. The molecular formula is C8H12O4. The summed E-state index contributed by atoms with van der Waals surface area (Å²) in [5, 5.41) is 0. The molecule has 0 saturated carbocycles. The second kappa shape index (κ2) is 3.56. The van der Waals surface area contributed by atoms with Crippen LogP contribution in [0.1, 0.15) is 20.3 Å². The van der Waals surface area contributed by atoms with E-state index in [4.69, 9.17) is 9.47 Å². The van der Waals surface area contributed by atoms with Crippen LogP contribution in [-0.4, -0.2) is 24.6 Å². The summed E-state index contributed by atoms with van der Waals surface area (Å²) in [7, 11) is 0. The van der Waals surface area contributed by atoms with Crippen molar-refractivity contribution < 1.29 is 19.1 Å². The van der Waals surface area contributed by atoms with Crippen LogP contribution in [0.25, 0.3) is 0 Å². The van der Waals surface area contributed by atoms with E-state index in [1.165, 1.54) is 6.92 Å². The number of esters is 2. The molecule has 1 aliphatic heterocycles. The Hall–Kier alpha value is -1.06. The highest BCUT2D eigenvalue weighted by Crippen LogP contribution is 2.19. The van der Waals surface area contributed by atoms with Gasteiger partial charge in [-0.3, -0.25) is 9.59 Å². The van der Waals surface area contributed by atoms with Crippen LogP contribution in [0.4, 0.5) is 0 Å². The molecule has 0 spiro atoms. The average molecular weight is 172 g/mol. The molecule has 1 rings (SSSR count). The molecule has 1 fully saturated rings. The summed E-state index contributed by atoms with van der Waals surface area (Å²) in [4.78, 5) is 21.2. The first-order valence-corrected chi connectivity index (χ1v) is 3.92. The molecule has 1 saturated heterocycles. The van der Waals surface area contributed by atoms with Gasteiger partial charge in [-0.25, -0.2) is 0 Å². The smallest absolute Gasteiger partial charge is 0.306 e. The van der Waals surface area contributed by atoms with Gasteiger partial charge in [-0.1, -0.05) is 0 Å². The predicted molar refractivity (Wildman–Crippen MR) is 40.3 cm³/mol. The number of ether oxygens (including phenoxy) is 2. The Morgan fingerprint density at radius 1 is 1.75 bits per heavy atom. The Morgan fingerprint density at radius 3 is 2.83 bits per heavy atom. The molecule has 12 heavy (non-hydrogen) atoms. The van der Waals surface area contributed by atoms with Crippen molar-refractivity contribution in [1.82, 2.24) is 0 Å². The Morgan fingerprint density at radius 2 is 2.42 bits per heavy atom. The van der Waals surface area contributed by atoms with E-state index in [0.717, 1.165) is 0 Å². The zero-order valence-electron chi connectivity index (χ0n) is 7.20. The van der Waals surface area contributed by atoms with Crippen LogP contribution in [0.3, 0.4) is 0 Å². The van der Waals surface area contributed by atoms with Gasteiger partial charge in [0, 0.05) is 12.8 Å². The van der Waals surface area contributed by atoms with Gasteiger partial charge in [0.15, 0.2) is 0 Å². The van der Waals surface area contributed by atoms with Crippen molar-refractivity contribution in [2.75, 3.05) is 6.61 Å². The fraction of sp³-hybridized carbons (Fsp3) is 0.750. The van der Waals surface area contributed by atoms with E-state index in [-0.39, 0.29) is 24.0 Å². The average Bonchev–Trinajstić information content (AvgIpc) is 2.34. The summed E-state index contributed by atoms with van der Waals surface area (Å²) >= 11 is 0. The second-order valence-electron chi connectivity index (χ2n) is 2.96. The minimum absolute atomic E-state index is 0.0291. The first kappa shape index (κ1) is 9.03. The van der Waals surface area contributed by atoms with Crippen LogP contribution in [0.2, 0.25) is 0 Å². The Kier molecular flexibility index (Phi) is 2.68. The van der Waals surface area contributed by atoms with E-state index in [2.05, 4.69) is 0 Å². The first-order chi connectivity index (χ1) is 5.59. The highest BCUT2D eigenvalue weighted by Gasteiger charge is 2.30. The van der Waals surface area contributed by atoms with E-state index < -0.39 is 0 Å². The molecule has 2 atom stereocenters. The van der Waals surface area contributed by atoms with Crippen molar-refractivity contribution in [2.45, 2.75) is 26.4 Å². The van der Waals surface area contributed by atoms with Crippen molar-refractivity contribution >= 4 is 11.9 Å². The molecule has 0 aromatic carbocycles. The molecule has 0 radical (unpaired) electrons. The molecule has 0 bridgehead atoms. The Balaban J connectivity index is 2.37. The summed E-state index contributed by atoms with van der Waals surface area (Å²) in [6.07, 6.45) is 0.128. The number of carbonyl (C=O) groups excluding carboxylic acids is 2. The van der Waals surface area contributed by atoms with Crippen LogP contribution in [0, 0.1) is 5.92 Å². The summed E-state index contributed by atoms with van der Waals surface area (Å²) in [6, 6.07) is 0. The Labute approximate surface area is 70.8 Å². The molecular weight excluding hydrogens is 160 g/mol. The van der Waals surface area contributed by atoms with Crippen LogP contribution >= 0.6 is 0 Å². The molecule has 0 aliphatic carbocycles. The zero-order valence-corrected chi connectivity index (χ0v) is 7.20. The van der Waals surface area contributed by atoms with Gasteiger partial charge in [0.2, 0.25) is 0 Å².